The number of para-hydroxylation sites is 1. The van der Waals surface area contributed by atoms with Gasteiger partial charge in [-0.05, 0) is 47.9 Å². The van der Waals surface area contributed by atoms with E-state index in [4.69, 9.17) is 0 Å². The summed E-state index contributed by atoms with van der Waals surface area (Å²) in [7, 11) is 0. The Bertz CT molecular complexity index is 1290. The van der Waals surface area contributed by atoms with E-state index in [1.165, 1.54) is 10.9 Å². The van der Waals surface area contributed by atoms with Gasteiger partial charge in [0.1, 0.15) is 6.04 Å². The van der Waals surface area contributed by atoms with Crippen molar-refractivity contribution in [1.29, 1.82) is 0 Å². The largest absolute Gasteiger partial charge is 0.361 e. The van der Waals surface area contributed by atoms with E-state index in [1.807, 2.05) is 47.5 Å². The molecule has 0 aliphatic carbocycles. The Kier molecular flexibility index (Phi) is 5.25. The van der Waals surface area contributed by atoms with Gasteiger partial charge in [-0.3, -0.25) is 9.78 Å². The number of pyridine rings is 1. The Morgan fingerprint density at radius 1 is 0.939 bits per heavy atom. The standard InChI is InChI=1S/C26H24BrN5O/c27-18-10-8-16(9-11-18)23-22-24(31-30-23)26(33)32(25(22)21-7-3-4-13-28-21)14-12-17-15-29-20-6-2-1-5-19(17)20/h1-11,13,15,22-25,29-31H,12,14H2. The molecular formula is C26H24BrN5O. The number of aromatic nitrogens is 2. The minimum absolute atomic E-state index is 0.0112. The molecule has 1 amide bonds. The minimum Gasteiger partial charge on any atom is -0.361 e. The topological polar surface area (TPSA) is 73.1 Å². The van der Waals surface area contributed by atoms with Crippen LogP contribution >= 0.6 is 15.9 Å². The fourth-order valence-electron chi connectivity index (χ4n) is 5.39. The summed E-state index contributed by atoms with van der Waals surface area (Å²) in [4.78, 5) is 23.7. The molecule has 6 rings (SSSR count). The second-order valence-corrected chi connectivity index (χ2v) is 9.63. The Balaban J connectivity index is 1.34. The van der Waals surface area contributed by atoms with Gasteiger partial charge < -0.3 is 9.88 Å². The van der Waals surface area contributed by atoms with Crippen LogP contribution in [0.2, 0.25) is 0 Å². The van der Waals surface area contributed by atoms with E-state index in [0.717, 1.165) is 27.7 Å². The van der Waals surface area contributed by atoms with Gasteiger partial charge in [0, 0.05) is 40.2 Å². The molecule has 2 aliphatic heterocycles. The molecule has 2 fully saturated rings. The maximum Gasteiger partial charge on any atom is 0.242 e. The molecule has 0 saturated carbocycles. The molecule has 2 aromatic heterocycles. The molecule has 7 heteroatoms. The maximum absolute atomic E-state index is 13.6. The summed E-state index contributed by atoms with van der Waals surface area (Å²) >= 11 is 3.52. The van der Waals surface area contributed by atoms with Crippen LogP contribution in [0.25, 0.3) is 10.9 Å². The van der Waals surface area contributed by atoms with Crippen LogP contribution in [0.4, 0.5) is 0 Å². The number of benzene rings is 2. The molecule has 33 heavy (non-hydrogen) atoms. The third-order valence-electron chi connectivity index (χ3n) is 6.93. The number of likely N-dealkylation sites (tertiary alicyclic amines) is 1. The number of hydrogen-bond acceptors (Lipinski definition) is 4. The van der Waals surface area contributed by atoms with Crippen LogP contribution in [0.3, 0.4) is 0 Å². The highest BCUT2D eigenvalue weighted by molar-refractivity contribution is 9.10. The van der Waals surface area contributed by atoms with Crippen LogP contribution in [-0.4, -0.2) is 33.4 Å². The van der Waals surface area contributed by atoms with E-state index in [-0.39, 0.29) is 30.0 Å². The van der Waals surface area contributed by atoms with Crippen LogP contribution in [0.1, 0.15) is 28.9 Å². The number of rotatable bonds is 5. The first-order valence-electron chi connectivity index (χ1n) is 11.2. The SMILES string of the molecule is O=C1C2NNC(c3ccc(Br)cc3)C2C(c2ccccn2)N1CCc1c[nH]c2ccccc12. The van der Waals surface area contributed by atoms with Crippen molar-refractivity contribution in [3.05, 3.63) is 100 Å². The molecule has 4 heterocycles. The van der Waals surface area contributed by atoms with Crippen molar-refractivity contribution < 1.29 is 4.79 Å². The molecule has 4 aromatic rings. The van der Waals surface area contributed by atoms with Crippen molar-refractivity contribution in [1.82, 2.24) is 25.7 Å². The molecule has 0 bridgehead atoms. The third kappa shape index (κ3) is 3.57. The average molecular weight is 502 g/mol. The second-order valence-electron chi connectivity index (χ2n) is 8.71. The highest BCUT2D eigenvalue weighted by Crippen LogP contribution is 2.46. The Morgan fingerprint density at radius 2 is 1.73 bits per heavy atom. The van der Waals surface area contributed by atoms with Gasteiger partial charge in [0.15, 0.2) is 0 Å². The van der Waals surface area contributed by atoms with Gasteiger partial charge >= 0.3 is 0 Å². The highest BCUT2D eigenvalue weighted by Gasteiger charge is 2.55. The Labute approximate surface area is 200 Å². The lowest BCUT2D eigenvalue weighted by molar-refractivity contribution is -0.130. The molecule has 2 aliphatic rings. The second kappa shape index (κ2) is 8.41. The average Bonchev–Trinajstić information content (AvgIpc) is 3.53. The number of halogens is 1. The van der Waals surface area contributed by atoms with E-state index in [9.17, 15) is 4.79 Å². The molecule has 4 unspecified atom stereocenters. The van der Waals surface area contributed by atoms with Gasteiger partial charge in [-0.15, -0.1) is 0 Å². The lowest BCUT2D eigenvalue weighted by Gasteiger charge is -2.30. The highest BCUT2D eigenvalue weighted by atomic mass is 79.9. The van der Waals surface area contributed by atoms with Crippen molar-refractivity contribution in [3.8, 4) is 0 Å². The molecular weight excluding hydrogens is 478 g/mol. The van der Waals surface area contributed by atoms with E-state index < -0.39 is 0 Å². The Hall–Kier alpha value is -3.00. The fourth-order valence-corrected chi connectivity index (χ4v) is 5.66. The summed E-state index contributed by atoms with van der Waals surface area (Å²) in [5.74, 6) is 0.166. The molecule has 0 spiro atoms. The number of hydrogen-bond donors (Lipinski definition) is 3. The van der Waals surface area contributed by atoms with Gasteiger partial charge in [-0.25, -0.2) is 10.9 Å². The summed E-state index contributed by atoms with van der Waals surface area (Å²) in [5, 5.41) is 1.21. The van der Waals surface area contributed by atoms with Crippen LogP contribution in [-0.2, 0) is 11.2 Å². The van der Waals surface area contributed by atoms with Gasteiger partial charge in [0.25, 0.3) is 0 Å². The summed E-state index contributed by atoms with van der Waals surface area (Å²) in [6, 6.07) is 22.2. The number of nitrogens with zero attached hydrogens (tertiary/aromatic N) is 2. The van der Waals surface area contributed by atoms with Gasteiger partial charge in [-0.1, -0.05) is 52.3 Å². The van der Waals surface area contributed by atoms with Crippen molar-refractivity contribution in [3.63, 3.8) is 0 Å². The number of nitrogens with one attached hydrogen (secondary N) is 3. The molecule has 4 atom stereocenters. The fraction of sp³-hybridized carbons (Fsp3) is 0.231. The molecule has 2 saturated heterocycles. The lowest BCUT2D eigenvalue weighted by Crippen LogP contribution is -2.42. The van der Waals surface area contributed by atoms with E-state index in [1.54, 1.807) is 0 Å². The summed E-state index contributed by atoms with van der Waals surface area (Å²) in [6.45, 7) is 0.643. The molecule has 0 radical (unpaired) electrons. The van der Waals surface area contributed by atoms with Crippen LogP contribution < -0.4 is 10.9 Å². The van der Waals surface area contributed by atoms with Crippen LogP contribution in [0.5, 0.6) is 0 Å². The van der Waals surface area contributed by atoms with Crippen LogP contribution in [0.15, 0.2) is 83.6 Å². The van der Waals surface area contributed by atoms with Crippen molar-refractivity contribution in [2.75, 3.05) is 6.54 Å². The number of H-pyrrole nitrogens is 1. The normalized spacial score (nSPS) is 24.5. The lowest BCUT2D eigenvalue weighted by atomic mass is 9.85. The number of carbonyl (C=O) groups excluding carboxylic acids is 1. The predicted molar refractivity (Wildman–Crippen MR) is 131 cm³/mol. The molecule has 2 aromatic carbocycles. The molecule has 6 nitrogen and oxygen atoms in total. The van der Waals surface area contributed by atoms with Gasteiger partial charge in [-0.2, -0.15) is 0 Å². The smallest absolute Gasteiger partial charge is 0.242 e. The number of aromatic amines is 1. The summed E-state index contributed by atoms with van der Waals surface area (Å²) in [5.41, 5.74) is 11.1. The van der Waals surface area contributed by atoms with Gasteiger partial charge in [0.05, 0.1) is 17.8 Å². The first kappa shape index (κ1) is 20.6. The number of hydrazine groups is 1. The van der Waals surface area contributed by atoms with Gasteiger partial charge in [0.2, 0.25) is 5.91 Å². The zero-order valence-corrected chi connectivity index (χ0v) is 19.5. The van der Waals surface area contributed by atoms with Crippen LogP contribution in [0, 0.1) is 5.92 Å². The quantitative estimate of drug-likeness (QED) is 0.381. The first-order chi connectivity index (χ1) is 16.2. The molecule has 3 N–H and O–H groups in total. The molecule has 166 valence electrons. The van der Waals surface area contributed by atoms with Crippen molar-refractivity contribution in [2.24, 2.45) is 5.92 Å². The number of fused-ring (bicyclic) bond motifs is 2. The third-order valence-corrected chi connectivity index (χ3v) is 7.46. The monoisotopic (exact) mass is 501 g/mol. The maximum atomic E-state index is 13.6. The van der Waals surface area contributed by atoms with Crippen molar-refractivity contribution in [2.45, 2.75) is 24.5 Å². The van der Waals surface area contributed by atoms with E-state index >= 15 is 0 Å². The van der Waals surface area contributed by atoms with Crippen molar-refractivity contribution >= 4 is 32.7 Å². The number of carbonyl (C=O) groups is 1. The summed E-state index contributed by atoms with van der Waals surface area (Å²) < 4.78 is 1.04. The summed E-state index contributed by atoms with van der Waals surface area (Å²) in [6.07, 6.45) is 4.66. The number of amides is 1. The zero-order chi connectivity index (χ0) is 22.4. The Morgan fingerprint density at radius 3 is 2.55 bits per heavy atom. The zero-order valence-electron chi connectivity index (χ0n) is 17.9. The minimum atomic E-state index is -0.284. The van der Waals surface area contributed by atoms with E-state index in [0.29, 0.717) is 6.54 Å². The first-order valence-corrected chi connectivity index (χ1v) is 12.0. The van der Waals surface area contributed by atoms with E-state index in [2.05, 4.69) is 73.3 Å². The predicted octanol–water partition coefficient (Wildman–Crippen LogP) is 4.29.